The van der Waals surface area contributed by atoms with Crippen LogP contribution in [-0.4, -0.2) is 37.0 Å². The summed E-state index contributed by atoms with van der Waals surface area (Å²) in [6.07, 6.45) is 4.25. The topological polar surface area (TPSA) is 84.8 Å². The molecule has 2 aromatic carbocycles. The Hall–Kier alpha value is -4.37. The van der Waals surface area contributed by atoms with Crippen LogP contribution in [-0.2, 0) is 22.7 Å². The first-order chi connectivity index (χ1) is 18.2. The third-order valence-corrected chi connectivity index (χ3v) is 6.60. The number of hydrogen-bond acceptors (Lipinski definition) is 6. The summed E-state index contributed by atoms with van der Waals surface area (Å²) in [5.41, 5.74) is 2.20. The minimum atomic E-state index is -0.732. The number of hydrogen-bond donors (Lipinski definition) is 1. The Balaban J connectivity index is 1.45. The molecule has 0 saturated carbocycles. The largest absolute Gasteiger partial charge is 0.523 e. The van der Waals surface area contributed by atoms with E-state index in [2.05, 4.69) is 9.97 Å². The van der Waals surface area contributed by atoms with E-state index in [9.17, 15) is 14.3 Å². The van der Waals surface area contributed by atoms with Crippen LogP contribution >= 0.6 is 0 Å². The first-order valence-corrected chi connectivity index (χ1v) is 12.7. The molecule has 0 aliphatic carbocycles. The molecule has 4 aromatic rings. The number of halogens is 1. The normalized spacial score (nSPS) is 14.7. The highest BCUT2D eigenvalue weighted by Gasteiger charge is 2.40. The molecule has 0 unspecified atom stereocenters. The van der Waals surface area contributed by atoms with Crippen LogP contribution in [0.5, 0.6) is 5.75 Å². The number of carbonyl (C=O) groups excluding carboxylic acids is 1. The van der Waals surface area contributed by atoms with Crippen molar-refractivity contribution in [2.75, 3.05) is 0 Å². The van der Waals surface area contributed by atoms with E-state index < -0.39 is 11.7 Å². The number of nitrogens with zero attached hydrogens (tertiary/aromatic N) is 3. The summed E-state index contributed by atoms with van der Waals surface area (Å²) in [5.74, 6) is 0.180. The molecule has 1 amide bonds. The van der Waals surface area contributed by atoms with E-state index in [0.717, 1.165) is 11.1 Å². The van der Waals surface area contributed by atoms with Crippen LogP contribution in [0.4, 0.5) is 9.18 Å². The Morgan fingerprint density at radius 3 is 2.63 bits per heavy atom. The van der Waals surface area contributed by atoms with Gasteiger partial charge in [-0.05, 0) is 50.2 Å². The number of fused-ring (bicyclic) bond motifs is 1. The molecule has 5 rings (SSSR count). The van der Waals surface area contributed by atoms with Gasteiger partial charge in [-0.3, -0.25) is 0 Å². The summed E-state index contributed by atoms with van der Waals surface area (Å²) < 4.78 is 24.6. The minimum absolute atomic E-state index is 0.107. The average molecular weight is 531 g/mol. The fourth-order valence-electron chi connectivity index (χ4n) is 3.88. The number of rotatable bonds is 5. The average Bonchev–Trinajstić information content (AvgIpc) is 3.52. The summed E-state index contributed by atoms with van der Waals surface area (Å²) >= 11 is 1.30. The highest BCUT2D eigenvalue weighted by atomic mass is 32.1. The summed E-state index contributed by atoms with van der Waals surface area (Å²) in [4.78, 5) is 23.2. The Bertz CT molecular complexity index is 1530. The van der Waals surface area contributed by atoms with Gasteiger partial charge in [0.25, 0.3) is 0 Å². The molecule has 1 aliphatic rings. The second kappa shape index (κ2) is 10.2. The van der Waals surface area contributed by atoms with Crippen molar-refractivity contribution < 1.29 is 23.8 Å². The Labute approximate surface area is 223 Å². The van der Waals surface area contributed by atoms with Gasteiger partial charge in [0.1, 0.15) is 29.5 Å². The molecule has 0 spiro atoms. The standard InChI is InChI=1S/C29H25FN3O4S/c1-29(2,3)37-28(35)33-25(17-38-27(33)19-5-4-12-31-14-19)26(34)23-15-32-24-13-21(10-11-22(23)24)36-16-18-6-8-20(30)9-7-18/h4-15,17,34H,16H2,1-3H3/q-1. The molecule has 1 aliphatic heterocycles. The molecule has 0 saturated heterocycles. The molecule has 194 valence electrons. The lowest BCUT2D eigenvalue weighted by molar-refractivity contribution is 0.0366. The van der Waals surface area contributed by atoms with Crippen LogP contribution in [0.25, 0.3) is 16.7 Å². The van der Waals surface area contributed by atoms with Crippen LogP contribution in [0, 0.1) is 11.2 Å². The fraction of sp³-hybridized carbons (Fsp3) is 0.172. The zero-order chi connectivity index (χ0) is 26.9. The van der Waals surface area contributed by atoms with Gasteiger partial charge in [-0.2, -0.15) is 6.07 Å². The number of amides is 1. The zero-order valence-electron chi connectivity index (χ0n) is 21.0. The SMILES string of the molecule is CC(C)(C)OC(=O)N1C(=C(O)c2cn[c-]3cc(OCc4ccc(F)cc4)ccc23)C=[S+][C-]1c1cccnc1. The molecule has 9 heteroatoms. The van der Waals surface area contributed by atoms with Crippen molar-refractivity contribution in [2.24, 2.45) is 0 Å². The van der Waals surface area contributed by atoms with Crippen LogP contribution < -0.4 is 4.74 Å². The van der Waals surface area contributed by atoms with Crippen molar-refractivity contribution >= 4 is 39.5 Å². The van der Waals surface area contributed by atoms with Gasteiger partial charge >= 0.3 is 6.09 Å². The number of aliphatic hydroxyl groups excluding tert-OH is 1. The quantitative estimate of drug-likeness (QED) is 0.113. The van der Waals surface area contributed by atoms with Crippen molar-refractivity contribution in [1.29, 1.82) is 0 Å². The fourth-order valence-corrected chi connectivity index (χ4v) is 4.85. The Morgan fingerprint density at radius 2 is 1.92 bits per heavy atom. The summed E-state index contributed by atoms with van der Waals surface area (Å²) in [6.45, 7) is 5.64. The summed E-state index contributed by atoms with van der Waals surface area (Å²) in [5, 5.41) is 14.4. The van der Waals surface area contributed by atoms with Gasteiger partial charge in [0.05, 0.1) is 5.75 Å². The highest BCUT2D eigenvalue weighted by Crippen LogP contribution is 2.35. The molecule has 0 fully saturated rings. The van der Waals surface area contributed by atoms with Gasteiger partial charge in [-0.1, -0.05) is 53.2 Å². The van der Waals surface area contributed by atoms with E-state index in [-0.39, 0.29) is 23.9 Å². The third kappa shape index (κ3) is 5.33. The van der Waals surface area contributed by atoms with Crippen molar-refractivity contribution in [3.05, 3.63) is 107 Å². The van der Waals surface area contributed by atoms with Gasteiger partial charge in [0.15, 0.2) is 11.4 Å². The van der Waals surface area contributed by atoms with Crippen molar-refractivity contribution in [2.45, 2.75) is 33.0 Å². The Morgan fingerprint density at radius 1 is 1.13 bits per heavy atom. The lowest BCUT2D eigenvalue weighted by atomic mass is 10.1. The smallest absolute Gasteiger partial charge is 0.412 e. The van der Waals surface area contributed by atoms with Crippen LogP contribution in [0.3, 0.4) is 0 Å². The lowest BCUT2D eigenvalue weighted by Crippen LogP contribution is -2.37. The van der Waals surface area contributed by atoms with E-state index in [0.29, 0.717) is 27.6 Å². The van der Waals surface area contributed by atoms with Gasteiger partial charge in [0.2, 0.25) is 10.7 Å². The van der Waals surface area contributed by atoms with E-state index in [1.165, 1.54) is 28.4 Å². The molecular weight excluding hydrogens is 505 g/mol. The second-order valence-corrected chi connectivity index (χ2v) is 10.5. The second-order valence-electron chi connectivity index (χ2n) is 9.60. The number of allylic oxidation sites excluding steroid dienone is 1. The molecule has 3 heterocycles. The number of carbonyl (C=O) groups is 1. The van der Waals surface area contributed by atoms with Crippen LogP contribution in [0.1, 0.15) is 37.5 Å². The van der Waals surface area contributed by atoms with Crippen LogP contribution in [0.15, 0.2) is 78.9 Å². The minimum Gasteiger partial charge on any atom is -0.523 e. The van der Waals surface area contributed by atoms with Crippen molar-refractivity contribution in [1.82, 2.24) is 14.9 Å². The molecule has 7 nitrogen and oxygen atoms in total. The molecule has 38 heavy (non-hydrogen) atoms. The third-order valence-electron chi connectivity index (χ3n) is 5.62. The maximum Gasteiger partial charge on any atom is 0.412 e. The van der Waals surface area contributed by atoms with Gasteiger partial charge in [-0.25, -0.2) is 14.1 Å². The van der Waals surface area contributed by atoms with Gasteiger partial charge < -0.3 is 24.5 Å². The maximum absolute atomic E-state index is 13.3. The highest BCUT2D eigenvalue weighted by molar-refractivity contribution is 7.81. The molecular formula is C29H25FN3O4S-. The summed E-state index contributed by atoms with van der Waals surface area (Å²) in [7, 11) is 0. The van der Waals surface area contributed by atoms with E-state index in [1.54, 1.807) is 81.1 Å². The van der Waals surface area contributed by atoms with Gasteiger partial charge in [0, 0.05) is 0 Å². The maximum atomic E-state index is 13.3. The molecule has 0 atom stereocenters. The predicted molar refractivity (Wildman–Crippen MR) is 146 cm³/mol. The van der Waals surface area contributed by atoms with Gasteiger partial charge in [-0.15, -0.1) is 12.1 Å². The monoisotopic (exact) mass is 530 g/mol. The molecule has 0 radical (unpaired) electrons. The van der Waals surface area contributed by atoms with Crippen LogP contribution in [0.2, 0.25) is 0 Å². The number of ether oxygens (including phenoxy) is 2. The first-order valence-electron chi connectivity index (χ1n) is 11.9. The number of aromatic nitrogens is 2. The number of aliphatic hydroxyl groups is 1. The lowest BCUT2D eigenvalue weighted by Gasteiger charge is -2.28. The molecule has 1 N–H and O–H groups in total. The first kappa shape index (κ1) is 25.3. The van der Waals surface area contributed by atoms with Crippen molar-refractivity contribution in [3.8, 4) is 5.75 Å². The van der Waals surface area contributed by atoms with E-state index in [4.69, 9.17) is 9.47 Å². The summed E-state index contributed by atoms with van der Waals surface area (Å²) in [6, 6.07) is 15.1. The predicted octanol–water partition coefficient (Wildman–Crippen LogP) is 5.97. The van der Waals surface area contributed by atoms with E-state index >= 15 is 0 Å². The van der Waals surface area contributed by atoms with Crippen molar-refractivity contribution in [3.63, 3.8) is 0 Å². The Kier molecular flexibility index (Phi) is 6.77. The van der Waals surface area contributed by atoms with E-state index in [1.807, 2.05) is 6.07 Å². The molecule has 2 aromatic heterocycles. The molecule has 0 bridgehead atoms. The number of benzene rings is 2. The zero-order valence-corrected chi connectivity index (χ0v) is 21.8. The number of pyridine rings is 1.